The molecule has 10 heteroatoms. The predicted octanol–water partition coefficient (Wildman–Crippen LogP) is 4.10. The number of amides is 3. The Hall–Kier alpha value is -3.43. The molecule has 0 spiro atoms. The van der Waals surface area contributed by atoms with Gasteiger partial charge in [0.05, 0.1) is 42.1 Å². The largest absolute Gasteiger partial charge is 0.373 e. The van der Waals surface area contributed by atoms with E-state index in [9.17, 15) is 14.0 Å². The summed E-state index contributed by atoms with van der Waals surface area (Å²) in [5.41, 5.74) is 7.96. The van der Waals surface area contributed by atoms with E-state index in [2.05, 4.69) is 10.4 Å². The molecule has 0 unspecified atom stereocenters. The maximum atomic E-state index is 13.8. The first kappa shape index (κ1) is 24.3. The molecule has 8 nitrogen and oxygen atoms in total. The van der Waals surface area contributed by atoms with Crippen LogP contribution in [0.4, 0.5) is 9.18 Å². The molecule has 0 radical (unpaired) electrons. The van der Waals surface area contributed by atoms with Crippen molar-refractivity contribution in [2.45, 2.75) is 51.1 Å². The molecule has 1 aromatic heterocycles. The van der Waals surface area contributed by atoms with Gasteiger partial charge in [-0.05, 0) is 43.5 Å². The van der Waals surface area contributed by atoms with Crippen molar-refractivity contribution in [2.24, 2.45) is 5.73 Å². The second-order valence-corrected chi connectivity index (χ2v) is 10.0. The summed E-state index contributed by atoms with van der Waals surface area (Å²) in [5.74, 6) is -0.874. The molecule has 3 N–H and O–H groups in total. The third-order valence-electron chi connectivity index (χ3n) is 6.81. The lowest BCUT2D eigenvalue weighted by molar-refractivity contribution is -0.0551. The number of primary amides is 1. The van der Waals surface area contributed by atoms with Crippen molar-refractivity contribution >= 4 is 23.5 Å². The maximum Gasteiger partial charge on any atom is 0.315 e. The number of rotatable bonds is 6. The molecule has 1 aliphatic heterocycles. The van der Waals surface area contributed by atoms with Crippen molar-refractivity contribution < 1.29 is 18.7 Å². The van der Waals surface area contributed by atoms with E-state index in [1.165, 1.54) is 23.1 Å². The molecular weight excluding hydrogens is 485 g/mol. The molecule has 36 heavy (non-hydrogen) atoms. The first-order valence-corrected chi connectivity index (χ1v) is 12.2. The number of hydrogen-bond acceptors (Lipinski definition) is 4. The molecule has 0 atom stereocenters. The highest BCUT2D eigenvalue weighted by atomic mass is 35.5. The summed E-state index contributed by atoms with van der Waals surface area (Å²) in [5, 5.41) is 7.71. The van der Waals surface area contributed by atoms with Gasteiger partial charge in [0, 0.05) is 17.6 Å². The highest BCUT2D eigenvalue weighted by molar-refractivity contribution is 6.31. The van der Waals surface area contributed by atoms with E-state index in [4.69, 9.17) is 22.1 Å². The van der Waals surface area contributed by atoms with Crippen LogP contribution in [0.5, 0.6) is 0 Å². The van der Waals surface area contributed by atoms with Crippen LogP contribution in [0.15, 0.2) is 48.5 Å². The van der Waals surface area contributed by atoms with Crippen LogP contribution in [0.1, 0.15) is 41.4 Å². The summed E-state index contributed by atoms with van der Waals surface area (Å²) in [6, 6.07) is 13.6. The number of carbonyl (C=O) groups excluding carboxylic acids is 2. The van der Waals surface area contributed by atoms with E-state index >= 15 is 0 Å². The zero-order valence-electron chi connectivity index (χ0n) is 19.8. The Labute approximate surface area is 213 Å². The van der Waals surface area contributed by atoms with E-state index in [-0.39, 0.29) is 23.6 Å². The molecule has 1 fully saturated rings. The molecule has 0 bridgehead atoms. The lowest BCUT2D eigenvalue weighted by Crippen LogP contribution is -2.58. The van der Waals surface area contributed by atoms with Crippen LogP contribution in [-0.4, -0.2) is 44.8 Å². The van der Waals surface area contributed by atoms with Crippen LogP contribution in [-0.2, 0) is 24.4 Å². The number of ether oxygens (including phenoxy) is 1. The van der Waals surface area contributed by atoms with Crippen LogP contribution in [0.3, 0.4) is 0 Å². The first-order valence-electron chi connectivity index (χ1n) is 11.8. The fraction of sp³-hybridized carbons (Fsp3) is 0.346. The summed E-state index contributed by atoms with van der Waals surface area (Å²) < 4.78 is 21.5. The van der Waals surface area contributed by atoms with Crippen molar-refractivity contribution in [3.63, 3.8) is 0 Å². The minimum absolute atomic E-state index is 0.0392. The van der Waals surface area contributed by atoms with Gasteiger partial charge in [-0.25, -0.2) is 9.18 Å². The van der Waals surface area contributed by atoms with Gasteiger partial charge in [0.1, 0.15) is 11.5 Å². The quantitative estimate of drug-likeness (QED) is 0.520. The molecule has 3 amide bonds. The predicted molar refractivity (Wildman–Crippen MR) is 133 cm³/mol. The third kappa shape index (κ3) is 4.81. The molecule has 1 saturated carbocycles. The van der Waals surface area contributed by atoms with Crippen LogP contribution >= 0.6 is 11.6 Å². The highest BCUT2D eigenvalue weighted by Crippen LogP contribution is 2.37. The van der Waals surface area contributed by atoms with Crippen LogP contribution in [0, 0.1) is 5.82 Å². The monoisotopic (exact) mass is 511 g/mol. The standard InChI is InChI=1S/C26H27ClFN5O3/c1-26(12-18(13-26)36-15-16-5-3-2-4-6-16)30-24(34)22-21-14-32(25(29)35)9-10-33(21)31-23(22)17-7-8-20(28)19(27)11-17/h2-8,11,18H,9-10,12-15H2,1H3,(H2,29,35)(H,30,34). The Kier molecular flexibility index (Phi) is 6.44. The Morgan fingerprint density at radius 3 is 2.67 bits per heavy atom. The number of urea groups is 1. The molecule has 2 aliphatic rings. The molecule has 3 aromatic rings. The fourth-order valence-electron chi connectivity index (χ4n) is 4.88. The summed E-state index contributed by atoms with van der Waals surface area (Å²) in [4.78, 5) is 26.9. The number of aromatic nitrogens is 2. The van der Waals surface area contributed by atoms with E-state index < -0.39 is 17.4 Å². The number of benzene rings is 2. The number of hydrogen-bond donors (Lipinski definition) is 2. The molecule has 0 saturated heterocycles. The van der Waals surface area contributed by atoms with E-state index in [0.29, 0.717) is 55.1 Å². The van der Waals surface area contributed by atoms with E-state index in [1.54, 1.807) is 4.68 Å². The first-order chi connectivity index (χ1) is 17.2. The van der Waals surface area contributed by atoms with Crippen LogP contribution < -0.4 is 11.1 Å². The molecule has 2 aromatic carbocycles. The molecular formula is C26H27ClFN5O3. The minimum Gasteiger partial charge on any atom is -0.373 e. The Morgan fingerprint density at radius 2 is 1.97 bits per heavy atom. The van der Waals surface area contributed by atoms with E-state index in [1.807, 2.05) is 37.3 Å². The molecule has 5 rings (SSSR count). The smallest absolute Gasteiger partial charge is 0.315 e. The van der Waals surface area contributed by atoms with Crippen molar-refractivity contribution in [1.29, 1.82) is 0 Å². The third-order valence-corrected chi connectivity index (χ3v) is 7.10. The summed E-state index contributed by atoms with van der Waals surface area (Å²) in [6.07, 6.45) is 1.37. The second-order valence-electron chi connectivity index (χ2n) is 9.62. The Morgan fingerprint density at radius 1 is 1.22 bits per heavy atom. The second kappa shape index (κ2) is 9.55. The summed E-state index contributed by atoms with van der Waals surface area (Å²) in [7, 11) is 0. The van der Waals surface area contributed by atoms with Gasteiger partial charge in [0.25, 0.3) is 5.91 Å². The van der Waals surface area contributed by atoms with Crippen molar-refractivity contribution in [3.05, 3.63) is 76.2 Å². The van der Waals surface area contributed by atoms with Gasteiger partial charge in [0.2, 0.25) is 0 Å². The number of halogens is 2. The maximum absolute atomic E-state index is 13.8. The molecule has 2 heterocycles. The van der Waals surface area contributed by atoms with Crippen LogP contribution in [0.25, 0.3) is 11.3 Å². The van der Waals surface area contributed by atoms with Crippen molar-refractivity contribution in [2.75, 3.05) is 6.54 Å². The zero-order valence-corrected chi connectivity index (χ0v) is 20.6. The fourth-order valence-corrected chi connectivity index (χ4v) is 5.06. The Bertz CT molecular complexity index is 1310. The lowest BCUT2D eigenvalue weighted by Gasteiger charge is -2.45. The number of nitrogens with zero attached hydrogens (tertiary/aromatic N) is 3. The van der Waals surface area contributed by atoms with Crippen molar-refractivity contribution in [3.8, 4) is 11.3 Å². The highest BCUT2D eigenvalue weighted by Gasteiger charge is 2.43. The van der Waals surface area contributed by atoms with Gasteiger partial charge in [-0.1, -0.05) is 41.9 Å². The number of carbonyl (C=O) groups is 2. The zero-order chi connectivity index (χ0) is 25.4. The van der Waals surface area contributed by atoms with E-state index in [0.717, 1.165) is 5.56 Å². The minimum atomic E-state index is -0.565. The van der Waals surface area contributed by atoms with Gasteiger partial charge in [-0.3, -0.25) is 9.48 Å². The molecule has 188 valence electrons. The number of nitrogens with two attached hydrogens (primary N) is 1. The SMILES string of the molecule is CC1(NC(=O)c2c(-c3ccc(F)c(Cl)c3)nn3c2CN(C(N)=O)CC3)CC(OCc2ccccc2)C1. The van der Waals surface area contributed by atoms with Gasteiger partial charge >= 0.3 is 6.03 Å². The summed E-state index contributed by atoms with van der Waals surface area (Å²) >= 11 is 6.02. The average molecular weight is 512 g/mol. The van der Waals surface area contributed by atoms with Gasteiger partial charge in [0.15, 0.2) is 0 Å². The van der Waals surface area contributed by atoms with Gasteiger partial charge < -0.3 is 20.7 Å². The topological polar surface area (TPSA) is 102 Å². The molecule has 1 aliphatic carbocycles. The number of nitrogens with one attached hydrogen (secondary N) is 1. The Balaban J connectivity index is 1.36. The normalized spacial score (nSPS) is 21.0. The summed E-state index contributed by atoms with van der Waals surface area (Å²) in [6.45, 7) is 3.42. The lowest BCUT2D eigenvalue weighted by atomic mass is 9.75. The van der Waals surface area contributed by atoms with Crippen molar-refractivity contribution in [1.82, 2.24) is 20.0 Å². The van der Waals surface area contributed by atoms with Crippen LogP contribution in [0.2, 0.25) is 5.02 Å². The number of fused-ring (bicyclic) bond motifs is 1. The van der Waals surface area contributed by atoms with Gasteiger partial charge in [-0.15, -0.1) is 0 Å². The van der Waals surface area contributed by atoms with Gasteiger partial charge in [-0.2, -0.15) is 5.10 Å². The average Bonchev–Trinajstić information content (AvgIpc) is 3.22.